The predicted octanol–water partition coefficient (Wildman–Crippen LogP) is 3.44. The maximum atomic E-state index is 11.3. The highest BCUT2D eigenvalue weighted by Crippen LogP contribution is 2.19. The Morgan fingerprint density at radius 1 is 1.09 bits per heavy atom. The lowest BCUT2D eigenvalue weighted by Crippen LogP contribution is -2.22. The third-order valence-electron chi connectivity index (χ3n) is 3.62. The van der Waals surface area contributed by atoms with E-state index >= 15 is 0 Å². The first-order valence-corrected chi connectivity index (χ1v) is 8.02. The first-order valence-electron chi connectivity index (χ1n) is 8.02. The van der Waals surface area contributed by atoms with Crippen LogP contribution < -0.4 is 10.6 Å². The molecule has 23 heavy (non-hydrogen) atoms. The number of amides is 1. The summed E-state index contributed by atoms with van der Waals surface area (Å²) in [6.07, 6.45) is 3.13. The van der Waals surface area contributed by atoms with E-state index in [1.165, 1.54) is 5.56 Å². The summed E-state index contributed by atoms with van der Waals surface area (Å²) in [7, 11) is 0. The number of benzene rings is 2. The number of aliphatic hydroxyl groups excluding tert-OH is 1. The molecule has 0 radical (unpaired) electrons. The molecule has 2 rings (SSSR count). The summed E-state index contributed by atoms with van der Waals surface area (Å²) < 4.78 is 0. The minimum absolute atomic E-state index is 0.339. The Bertz CT molecular complexity index is 614. The van der Waals surface area contributed by atoms with Gasteiger partial charge in [-0.15, -0.1) is 0 Å². The monoisotopic (exact) mass is 312 g/mol. The summed E-state index contributed by atoms with van der Waals surface area (Å²) in [5.41, 5.74) is 2.96. The highest BCUT2D eigenvalue weighted by atomic mass is 16.3. The molecule has 1 amide bonds. The number of rotatable bonds is 8. The van der Waals surface area contributed by atoms with Crippen LogP contribution in [0.25, 0.3) is 0 Å². The summed E-state index contributed by atoms with van der Waals surface area (Å²) in [6.45, 7) is 1.67. The van der Waals surface area contributed by atoms with Crippen LogP contribution in [-0.4, -0.2) is 23.7 Å². The van der Waals surface area contributed by atoms with Gasteiger partial charge < -0.3 is 15.7 Å². The molecule has 3 N–H and O–H groups in total. The zero-order valence-electron chi connectivity index (χ0n) is 13.5. The van der Waals surface area contributed by atoms with E-state index in [1.807, 2.05) is 30.3 Å². The molecular weight excluding hydrogens is 288 g/mol. The van der Waals surface area contributed by atoms with E-state index in [9.17, 15) is 4.79 Å². The number of carbonyl (C=O) groups is 1. The fraction of sp³-hybridized carbons (Fsp3) is 0.316. The Hall–Kier alpha value is -2.33. The van der Waals surface area contributed by atoms with Crippen molar-refractivity contribution in [2.45, 2.75) is 32.2 Å². The lowest BCUT2D eigenvalue weighted by atomic mass is 10.0. The fourth-order valence-electron chi connectivity index (χ4n) is 2.60. The molecule has 0 aliphatic carbocycles. The van der Waals surface area contributed by atoms with Crippen LogP contribution in [0.1, 0.15) is 25.3 Å². The molecular formula is C19H24N2O2. The van der Waals surface area contributed by atoms with Gasteiger partial charge in [0.15, 0.2) is 0 Å². The van der Waals surface area contributed by atoms with Crippen LogP contribution in [0, 0.1) is 0 Å². The zero-order valence-corrected chi connectivity index (χ0v) is 13.5. The van der Waals surface area contributed by atoms with Crippen molar-refractivity contribution in [2.24, 2.45) is 0 Å². The largest absolute Gasteiger partial charge is 0.387 e. The van der Waals surface area contributed by atoms with E-state index in [0.717, 1.165) is 24.9 Å². The summed E-state index contributed by atoms with van der Waals surface area (Å²) in [6, 6.07) is 18.3. The molecule has 4 heteroatoms. The van der Waals surface area contributed by atoms with Crippen molar-refractivity contribution in [3.05, 3.63) is 60.2 Å². The maximum absolute atomic E-state index is 11.3. The van der Waals surface area contributed by atoms with Crippen LogP contribution in [0.4, 0.5) is 11.4 Å². The second-order valence-electron chi connectivity index (χ2n) is 5.61. The third kappa shape index (κ3) is 5.75. The molecule has 0 aliphatic heterocycles. The average molecular weight is 312 g/mol. The fourth-order valence-corrected chi connectivity index (χ4v) is 2.60. The molecule has 0 aliphatic rings. The van der Waals surface area contributed by atoms with Crippen molar-refractivity contribution in [3.63, 3.8) is 0 Å². The smallest absolute Gasteiger partial charge is 0.250 e. The van der Waals surface area contributed by atoms with E-state index < -0.39 is 12.5 Å². The molecule has 0 saturated carbocycles. The first kappa shape index (κ1) is 17.0. The summed E-state index contributed by atoms with van der Waals surface area (Å²) in [5.74, 6) is -0.406. The second-order valence-corrected chi connectivity index (χ2v) is 5.61. The van der Waals surface area contributed by atoms with Gasteiger partial charge in [-0.3, -0.25) is 4.79 Å². The van der Waals surface area contributed by atoms with Gasteiger partial charge in [0.1, 0.15) is 6.61 Å². The van der Waals surface area contributed by atoms with Crippen molar-refractivity contribution in [1.29, 1.82) is 0 Å². The summed E-state index contributed by atoms with van der Waals surface area (Å²) >= 11 is 0. The maximum Gasteiger partial charge on any atom is 0.250 e. The zero-order chi connectivity index (χ0) is 16.5. The Kier molecular flexibility index (Phi) is 6.63. The van der Waals surface area contributed by atoms with Gasteiger partial charge in [0.2, 0.25) is 5.91 Å². The third-order valence-corrected chi connectivity index (χ3v) is 3.62. The minimum Gasteiger partial charge on any atom is -0.387 e. The quantitative estimate of drug-likeness (QED) is 0.700. The van der Waals surface area contributed by atoms with E-state index in [4.69, 9.17) is 5.11 Å². The van der Waals surface area contributed by atoms with Crippen LogP contribution in [0.3, 0.4) is 0 Å². The number of carbonyl (C=O) groups excluding carboxylic acids is 1. The molecule has 122 valence electrons. The molecule has 2 aromatic carbocycles. The molecule has 0 bridgehead atoms. The summed E-state index contributed by atoms with van der Waals surface area (Å²) in [4.78, 5) is 11.3. The number of hydrogen-bond donors (Lipinski definition) is 3. The number of nitrogens with one attached hydrogen (secondary N) is 2. The molecule has 2 aromatic rings. The molecule has 0 spiro atoms. The van der Waals surface area contributed by atoms with Gasteiger partial charge in [-0.05, 0) is 36.6 Å². The molecule has 0 fully saturated rings. The predicted molar refractivity (Wildman–Crippen MR) is 94.6 cm³/mol. The Morgan fingerprint density at radius 3 is 2.52 bits per heavy atom. The van der Waals surface area contributed by atoms with E-state index in [0.29, 0.717) is 11.7 Å². The molecule has 0 aromatic heterocycles. The van der Waals surface area contributed by atoms with Gasteiger partial charge in [0, 0.05) is 17.4 Å². The highest BCUT2D eigenvalue weighted by molar-refractivity contribution is 5.91. The van der Waals surface area contributed by atoms with Gasteiger partial charge in [-0.2, -0.15) is 0 Å². The SMILES string of the molecule is CCCC(Cc1ccccc1)Nc1cccc(NC(=O)CO)c1. The van der Waals surface area contributed by atoms with Crippen molar-refractivity contribution in [2.75, 3.05) is 17.2 Å². The van der Waals surface area contributed by atoms with Gasteiger partial charge in [-0.1, -0.05) is 49.7 Å². The Balaban J connectivity index is 2.04. The topological polar surface area (TPSA) is 61.4 Å². The van der Waals surface area contributed by atoms with Crippen LogP contribution in [0.15, 0.2) is 54.6 Å². The summed E-state index contributed by atoms with van der Waals surface area (Å²) in [5, 5.41) is 15.0. The van der Waals surface area contributed by atoms with Crippen LogP contribution in [0.5, 0.6) is 0 Å². The van der Waals surface area contributed by atoms with Crippen LogP contribution in [-0.2, 0) is 11.2 Å². The molecule has 0 saturated heterocycles. The van der Waals surface area contributed by atoms with Gasteiger partial charge in [0.05, 0.1) is 0 Å². The van der Waals surface area contributed by atoms with Crippen molar-refractivity contribution >= 4 is 17.3 Å². The van der Waals surface area contributed by atoms with Gasteiger partial charge in [0.25, 0.3) is 0 Å². The van der Waals surface area contributed by atoms with Crippen molar-refractivity contribution in [3.8, 4) is 0 Å². The van der Waals surface area contributed by atoms with E-state index in [1.54, 1.807) is 0 Å². The van der Waals surface area contributed by atoms with Gasteiger partial charge >= 0.3 is 0 Å². The highest BCUT2D eigenvalue weighted by Gasteiger charge is 2.09. The molecule has 0 heterocycles. The number of aliphatic hydroxyl groups is 1. The number of hydrogen-bond acceptors (Lipinski definition) is 3. The van der Waals surface area contributed by atoms with E-state index in [2.05, 4.69) is 41.8 Å². The lowest BCUT2D eigenvalue weighted by molar-refractivity contribution is -0.118. The average Bonchev–Trinajstić information content (AvgIpc) is 2.56. The first-order chi connectivity index (χ1) is 11.2. The Labute approximate surface area is 137 Å². The number of anilines is 2. The van der Waals surface area contributed by atoms with Gasteiger partial charge in [-0.25, -0.2) is 0 Å². The molecule has 1 atom stereocenters. The van der Waals surface area contributed by atoms with Crippen LogP contribution in [0.2, 0.25) is 0 Å². The van der Waals surface area contributed by atoms with Crippen molar-refractivity contribution < 1.29 is 9.90 Å². The minimum atomic E-state index is -0.510. The van der Waals surface area contributed by atoms with Crippen molar-refractivity contribution in [1.82, 2.24) is 0 Å². The lowest BCUT2D eigenvalue weighted by Gasteiger charge is -2.20. The second kappa shape index (κ2) is 8.96. The molecule has 4 nitrogen and oxygen atoms in total. The van der Waals surface area contributed by atoms with Crippen LogP contribution >= 0.6 is 0 Å². The Morgan fingerprint density at radius 2 is 1.83 bits per heavy atom. The normalized spacial score (nSPS) is 11.7. The molecule has 1 unspecified atom stereocenters. The van der Waals surface area contributed by atoms with E-state index in [-0.39, 0.29) is 0 Å². The standard InChI is InChI=1S/C19H24N2O2/c1-2-7-16(12-15-8-4-3-5-9-15)20-17-10-6-11-18(13-17)21-19(23)14-22/h3-6,8-11,13,16,20,22H,2,7,12,14H2,1H3,(H,21,23).